The van der Waals surface area contributed by atoms with Crippen LogP contribution in [0.5, 0.6) is 0 Å². The van der Waals surface area contributed by atoms with Gasteiger partial charge in [-0.05, 0) is 72.9 Å². The fourth-order valence-electron chi connectivity index (χ4n) is 1.10. The van der Waals surface area contributed by atoms with Crippen LogP contribution in [0, 0.1) is 0 Å². The van der Waals surface area contributed by atoms with Gasteiger partial charge in [0.15, 0.2) is 0 Å². The Hall–Kier alpha value is 0.399. The first kappa shape index (κ1) is 21.7. The molecule has 0 aliphatic rings. The van der Waals surface area contributed by atoms with Crippen LogP contribution in [-0.4, -0.2) is 34.7 Å². The number of halogens is 2. The quantitative estimate of drug-likeness (QED) is 0.179. The summed E-state index contributed by atoms with van der Waals surface area (Å²) in [5.74, 6) is 0.565. The van der Waals surface area contributed by atoms with Gasteiger partial charge in [-0.2, -0.15) is 0 Å². The molecule has 0 saturated heterocycles. The summed E-state index contributed by atoms with van der Waals surface area (Å²) in [5, 5.41) is 18.6. The molecule has 0 spiro atoms. The van der Waals surface area contributed by atoms with Crippen LogP contribution in [0.3, 0.4) is 0 Å². The van der Waals surface area contributed by atoms with E-state index in [1.54, 1.807) is 13.8 Å². The van der Waals surface area contributed by atoms with Crippen LogP contribution in [0.2, 0.25) is 0 Å². The van der Waals surface area contributed by atoms with E-state index in [2.05, 4.69) is 55.2 Å². The van der Waals surface area contributed by atoms with E-state index in [0.29, 0.717) is 13.1 Å². The number of allylic oxidation sites excluding steroid dienone is 4. The van der Waals surface area contributed by atoms with Gasteiger partial charge < -0.3 is 10.2 Å². The van der Waals surface area contributed by atoms with Crippen LogP contribution in [0.4, 0.5) is 0 Å². The molecule has 19 heavy (non-hydrogen) atoms. The standard InChI is InChI=1S/C12H18I2N2O2.Cu/c1-7(11(13)9(3)17)15-5-6-16-8(2)12(14)10(4)18;/h17-18H,5-6H2,1-4H3;/b11-9+,12-10+,15-7?,16-8?;. The number of aliphatic hydroxyl groups is 2. The first-order valence-electron chi connectivity index (χ1n) is 5.40. The van der Waals surface area contributed by atoms with Crippen molar-refractivity contribution in [1.29, 1.82) is 0 Å². The van der Waals surface area contributed by atoms with Gasteiger partial charge in [0, 0.05) is 28.5 Å². The molecule has 0 unspecified atom stereocenters. The maximum atomic E-state index is 9.30. The number of hydrogen-bond donors (Lipinski definition) is 2. The van der Waals surface area contributed by atoms with E-state index in [1.165, 1.54) is 0 Å². The minimum Gasteiger partial charge on any atom is -0.511 e. The van der Waals surface area contributed by atoms with Gasteiger partial charge in [0.05, 0.1) is 20.2 Å². The van der Waals surface area contributed by atoms with Crippen molar-refractivity contribution >= 4 is 56.6 Å². The van der Waals surface area contributed by atoms with Crippen molar-refractivity contribution in [3.63, 3.8) is 0 Å². The second-order valence-corrected chi connectivity index (χ2v) is 5.89. The second kappa shape index (κ2) is 11.1. The maximum Gasteiger partial charge on any atom is 0.104 e. The van der Waals surface area contributed by atoms with E-state index in [4.69, 9.17) is 0 Å². The first-order chi connectivity index (χ1) is 8.27. The molecule has 0 heterocycles. The summed E-state index contributed by atoms with van der Waals surface area (Å²) >= 11 is 4.13. The molecule has 0 bridgehead atoms. The van der Waals surface area contributed by atoms with Crippen LogP contribution >= 0.6 is 45.2 Å². The molecule has 0 aliphatic carbocycles. The van der Waals surface area contributed by atoms with Crippen LogP contribution in [0.25, 0.3) is 0 Å². The molecule has 4 nitrogen and oxygen atoms in total. The van der Waals surface area contributed by atoms with Crippen LogP contribution in [0.1, 0.15) is 27.7 Å². The van der Waals surface area contributed by atoms with Crippen molar-refractivity contribution in [1.82, 2.24) is 0 Å². The van der Waals surface area contributed by atoms with Crippen LogP contribution < -0.4 is 0 Å². The largest absolute Gasteiger partial charge is 0.511 e. The Bertz CT molecular complexity index is 381. The maximum absolute atomic E-state index is 9.30. The normalized spacial score (nSPS) is 15.5. The predicted octanol–water partition coefficient (Wildman–Crippen LogP) is 4.35. The summed E-state index contributed by atoms with van der Waals surface area (Å²) < 4.78 is 1.54. The van der Waals surface area contributed by atoms with E-state index in [0.717, 1.165) is 18.6 Å². The third-order valence-electron chi connectivity index (χ3n) is 2.07. The summed E-state index contributed by atoms with van der Waals surface area (Å²) in [4.78, 5) is 8.65. The summed E-state index contributed by atoms with van der Waals surface area (Å²) in [7, 11) is 0. The number of aliphatic imine (C=N–C) groups is 2. The van der Waals surface area contributed by atoms with E-state index in [1.807, 2.05) is 13.8 Å². The zero-order valence-corrected chi connectivity index (χ0v) is 16.5. The Morgan fingerprint density at radius 1 is 0.789 bits per heavy atom. The number of nitrogens with zero attached hydrogens (tertiary/aromatic N) is 2. The van der Waals surface area contributed by atoms with Crippen molar-refractivity contribution < 1.29 is 27.3 Å². The Morgan fingerprint density at radius 3 is 1.26 bits per heavy atom. The average molecular weight is 540 g/mol. The minimum atomic E-state index is 0. The smallest absolute Gasteiger partial charge is 0.104 e. The minimum absolute atomic E-state index is 0. The van der Waals surface area contributed by atoms with Gasteiger partial charge in [-0.25, -0.2) is 0 Å². The zero-order valence-electron chi connectivity index (χ0n) is 11.3. The monoisotopic (exact) mass is 539 g/mol. The Kier molecular flexibility index (Phi) is 12.7. The molecule has 0 amide bonds. The molecule has 0 fully saturated rings. The van der Waals surface area contributed by atoms with Crippen LogP contribution in [0.15, 0.2) is 28.7 Å². The molecule has 0 rings (SSSR count). The average Bonchev–Trinajstić information content (AvgIpc) is 2.31. The Morgan fingerprint density at radius 2 is 1.05 bits per heavy atom. The van der Waals surface area contributed by atoms with E-state index < -0.39 is 0 Å². The van der Waals surface area contributed by atoms with Gasteiger partial charge in [0.25, 0.3) is 0 Å². The molecular formula is C12H18CuI2N2O2. The first-order valence-corrected chi connectivity index (χ1v) is 7.56. The molecule has 113 valence electrons. The Labute approximate surface area is 152 Å². The molecule has 0 aliphatic heterocycles. The predicted molar refractivity (Wildman–Crippen MR) is 94.6 cm³/mol. The molecule has 7 heteroatoms. The van der Waals surface area contributed by atoms with E-state index in [-0.39, 0.29) is 28.6 Å². The summed E-state index contributed by atoms with van der Waals surface area (Å²) in [6.07, 6.45) is 0. The number of hydrogen-bond acceptors (Lipinski definition) is 4. The van der Waals surface area contributed by atoms with Gasteiger partial charge in [0.1, 0.15) is 11.5 Å². The van der Waals surface area contributed by atoms with E-state index >= 15 is 0 Å². The molecular weight excluding hydrogens is 521 g/mol. The summed E-state index contributed by atoms with van der Waals surface area (Å²) in [6, 6.07) is 0. The third kappa shape index (κ3) is 9.04. The molecule has 2 N–H and O–H groups in total. The molecule has 0 aromatic carbocycles. The summed E-state index contributed by atoms with van der Waals surface area (Å²) in [6.45, 7) is 8.13. The van der Waals surface area contributed by atoms with Gasteiger partial charge >= 0.3 is 0 Å². The number of rotatable bonds is 5. The third-order valence-corrected chi connectivity index (χ3v) is 5.19. The molecule has 0 saturated carbocycles. The van der Waals surface area contributed by atoms with Crippen molar-refractivity contribution in [2.45, 2.75) is 27.7 Å². The topological polar surface area (TPSA) is 65.2 Å². The van der Waals surface area contributed by atoms with E-state index in [9.17, 15) is 10.2 Å². The van der Waals surface area contributed by atoms with Gasteiger partial charge in [-0.1, -0.05) is 0 Å². The van der Waals surface area contributed by atoms with Crippen molar-refractivity contribution in [2.24, 2.45) is 9.98 Å². The van der Waals surface area contributed by atoms with Crippen molar-refractivity contribution in [3.8, 4) is 0 Å². The molecule has 0 atom stereocenters. The second-order valence-electron chi connectivity index (χ2n) is 3.73. The molecule has 0 aromatic rings. The van der Waals surface area contributed by atoms with Gasteiger partial charge in [-0.15, -0.1) is 0 Å². The van der Waals surface area contributed by atoms with Gasteiger partial charge in [-0.3, -0.25) is 9.98 Å². The van der Waals surface area contributed by atoms with Crippen LogP contribution in [-0.2, 0) is 17.1 Å². The molecule has 1 radical (unpaired) electrons. The SMILES string of the molecule is CC(=NCCN=C(C)/C(I)=C(/C)O)/C(I)=C(/C)O.[Cu]. The fraction of sp³-hybridized carbons (Fsp3) is 0.500. The fourth-order valence-corrected chi connectivity index (χ4v) is 1.44. The van der Waals surface area contributed by atoms with Crippen molar-refractivity contribution in [3.05, 3.63) is 18.7 Å². The zero-order chi connectivity index (χ0) is 14.3. The van der Waals surface area contributed by atoms with Crippen molar-refractivity contribution in [2.75, 3.05) is 13.1 Å². The molecule has 0 aromatic heterocycles. The Balaban J connectivity index is 0. The number of aliphatic hydroxyl groups excluding tert-OH is 2. The van der Waals surface area contributed by atoms with Gasteiger partial charge in [0.2, 0.25) is 0 Å². The summed E-state index contributed by atoms with van der Waals surface area (Å²) in [5.41, 5.74) is 1.62.